The molecule has 1 unspecified atom stereocenters. The van der Waals surface area contributed by atoms with E-state index in [1.807, 2.05) is 31.2 Å². The predicted molar refractivity (Wildman–Crippen MR) is 76.1 cm³/mol. The molecule has 0 spiro atoms. The lowest BCUT2D eigenvalue weighted by Crippen LogP contribution is -2.26. The summed E-state index contributed by atoms with van der Waals surface area (Å²) in [7, 11) is 0. The Bertz CT molecular complexity index is 550. The number of hydrogen-bond donors (Lipinski definition) is 2. The fraction of sp³-hybridized carbons (Fsp3) is 0.154. The van der Waals surface area contributed by atoms with Crippen molar-refractivity contribution in [3.63, 3.8) is 0 Å². The van der Waals surface area contributed by atoms with E-state index >= 15 is 0 Å². The maximum absolute atomic E-state index is 12.0. The van der Waals surface area contributed by atoms with Crippen molar-refractivity contribution in [1.29, 1.82) is 0 Å². The molecule has 3 N–H and O–H groups in total. The molecular weight excluding hydrogens is 268 g/mol. The molecule has 2 rings (SSSR count). The molecule has 2 aromatic rings. The standard InChI is InChI=1S/C13H13ClN2OS/c1-8(9-2-4-10(15)5-3-9)16-13(17)12-11(14)6-7-18-12/h2-8H,15H2,1H3,(H,16,17). The van der Waals surface area contributed by atoms with E-state index in [4.69, 9.17) is 17.3 Å². The fourth-order valence-electron chi connectivity index (χ4n) is 1.59. The van der Waals surface area contributed by atoms with Crippen molar-refractivity contribution >= 4 is 34.5 Å². The lowest BCUT2D eigenvalue weighted by Gasteiger charge is -2.14. The molecule has 0 radical (unpaired) electrons. The van der Waals surface area contributed by atoms with E-state index in [2.05, 4.69) is 5.32 Å². The van der Waals surface area contributed by atoms with Gasteiger partial charge in [-0.3, -0.25) is 4.79 Å². The largest absolute Gasteiger partial charge is 0.399 e. The third kappa shape index (κ3) is 2.83. The molecule has 0 aliphatic rings. The van der Waals surface area contributed by atoms with E-state index < -0.39 is 0 Å². The van der Waals surface area contributed by atoms with Gasteiger partial charge >= 0.3 is 0 Å². The molecular formula is C13H13ClN2OS. The number of carbonyl (C=O) groups is 1. The van der Waals surface area contributed by atoms with Crippen LogP contribution in [0.5, 0.6) is 0 Å². The first-order valence-corrected chi connectivity index (χ1v) is 6.73. The minimum Gasteiger partial charge on any atom is -0.399 e. The Hall–Kier alpha value is -1.52. The number of nitrogen functional groups attached to an aromatic ring is 1. The van der Waals surface area contributed by atoms with E-state index in [1.165, 1.54) is 11.3 Å². The van der Waals surface area contributed by atoms with Crippen LogP contribution in [0.2, 0.25) is 5.02 Å². The lowest BCUT2D eigenvalue weighted by atomic mass is 10.1. The van der Waals surface area contributed by atoms with Crippen molar-refractivity contribution in [2.75, 3.05) is 5.73 Å². The van der Waals surface area contributed by atoms with Crippen LogP contribution in [0.25, 0.3) is 0 Å². The van der Waals surface area contributed by atoms with Crippen molar-refractivity contribution < 1.29 is 4.79 Å². The molecule has 3 nitrogen and oxygen atoms in total. The molecule has 1 amide bonds. The van der Waals surface area contributed by atoms with Crippen molar-refractivity contribution in [2.45, 2.75) is 13.0 Å². The minimum atomic E-state index is -0.153. The van der Waals surface area contributed by atoms with Crippen LogP contribution >= 0.6 is 22.9 Å². The van der Waals surface area contributed by atoms with Gasteiger partial charge in [0.25, 0.3) is 5.91 Å². The molecule has 1 aromatic heterocycles. The summed E-state index contributed by atoms with van der Waals surface area (Å²) in [5.41, 5.74) is 7.33. The highest BCUT2D eigenvalue weighted by Crippen LogP contribution is 2.23. The number of nitrogens with one attached hydrogen (secondary N) is 1. The minimum absolute atomic E-state index is 0.0868. The Morgan fingerprint density at radius 1 is 1.33 bits per heavy atom. The summed E-state index contributed by atoms with van der Waals surface area (Å²) >= 11 is 7.25. The highest BCUT2D eigenvalue weighted by Gasteiger charge is 2.15. The van der Waals surface area contributed by atoms with E-state index in [-0.39, 0.29) is 11.9 Å². The Kier molecular flexibility index (Phi) is 3.89. The molecule has 0 saturated carbocycles. The molecule has 5 heteroatoms. The molecule has 0 aliphatic heterocycles. The van der Waals surface area contributed by atoms with Crippen molar-refractivity contribution in [3.8, 4) is 0 Å². The van der Waals surface area contributed by atoms with Gasteiger partial charge < -0.3 is 11.1 Å². The van der Waals surface area contributed by atoms with Gasteiger partial charge in [0.05, 0.1) is 11.1 Å². The maximum atomic E-state index is 12.0. The van der Waals surface area contributed by atoms with Crippen LogP contribution in [0, 0.1) is 0 Å². The summed E-state index contributed by atoms with van der Waals surface area (Å²) in [6.45, 7) is 1.92. The number of benzene rings is 1. The van der Waals surface area contributed by atoms with Crippen LogP contribution in [-0.4, -0.2) is 5.91 Å². The predicted octanol–water partition coefficient (Wildman–Crippen LogP) is 3.47. The molecule has 1 atom stereocenters. The molecule has 0 saturated heterocycles. The van der Waals surface area contributed by atoms with Crippen molar-refractivity contribution in [2.24, 2.45) is 0 Å². The average Bonchev–Trinajstić information content (AvgIpc) is 2.76. The van der Waals surface area contributed by atoms with Gasteiger partial charge in [-0.1, -0.05) is 23.7 Å². The van der Waals surface area contributed by atoms with Crippen LogP contribution in [0.15, 0.2) is 35.7 Å². The number of amides is 1. The quantitative estimate of drug-likeness (QED) is 0.846. The number of thiophene rings is 1. The second-order valence-corrected chi connectivity index (χ2v) is 5.28. The van der Waals surface area contributed by atoms with E-state index in [0.29, 0.717) is 15.6 Å². The number of nitrogens with two attached hydrogens (primary N) is 1. The number of hydrogen-bond acceptors (Lipinski definition) is 3. The molecule has 0 aliphatic carbocycles. The van der Waals surface area contributed by atoms with Crippen LogP contribution in [0.1, 0.15) is 28.2 Å². The van der Waals surface area contributed by atoms with Crippen LogP contribution in [0.4, 0.5) is 5.69 Å². The molecule has 1 aromatic carbocycles. The Balaban J connectivity index is 2.08. The molecule has 0 fully saturated rings. The first-order chi connectivity index (χ1) is 8.58. The number of anilines is 1. The summed E-state index contributed by atoms with van der Waals surface area (Å²) in [4.78, 5) is 12.5. The van der Waals surface area contributed by atoms with Gasteiger partial charge in [-0.15, -0.1) is 11.3 Å². The monoisotopic (exact) mass is 280 g/mol. The molecule has 0 bridgehead atoms. The molecule has 18 heavy (non-hydrogen) atoms. The van der Waals surface area contributed by atoms with Gasteiger partial charge in [-0.2, -0.15) is 0 Å². The Morgan fingerprint density at radius 2 is 2.00 bits per heavy atom. The van der Waals surface area contributed by atoms with Crippen LogP contribution in [-0.2, 0) is 0 Å². The van der Waals surface area contributed by atoms with Gasteiger partial charge in [-0.05, 0) is 36.1 Å². The Morgan fingerprint density at radius 3 is 2.56 bits per heavy atom. The Labute approximate surface area is 115 Å². The van der Waals surface area contributed by atoms with E-state index in [0.717, 1.165) is 5.56 Å². The maximum Gasteiger partial charge on any atom is 0.263 e. The van der Waals surface area contributed by atoms with Crippen LogP contribution in [0.3, 0.4) is 0 Å². The van der Waals surface area contributed by atoms with Gasteiger partial charge in [0.1, 0.15) is 4.88 Å². The fourth-order valence-corrected chi connectivity index (χ4v) is 2.63. The van der Waals surface area contributed by atoms with Gasteiger partial charge in [0.15, 0.2) is 0 Å². The zero-order valence-corrected chi connectivity index (χ0v) is 11.4. The molecule has 94 valence electrons. The smallest absolute Gasteiger partial charge is 0.263 e. The number of halogens is 1. The summed E-state index contributed by atoms with van der Waals surface area (Å²) in [6, 6.07) is 9.06. The lowest BCUT2D eigenvalue weighted by molar-refractivity contribution is 0.0944. The average molecular weight is 281 g/mol. The van der Waals surface area contributed by atoms with Gasteiger partial charge in [-0.25, -0.2) is 0 Å². The van der Waals surface area contributed by atoms with Gasteiger partial charge in [0.2, 0.25) is 0 Å². The normalized spacial score (nSPS) is 12.1. The second-order valence-electron chi connectivity index (χ2n) is 3.96. The van der Waals surface area contributed by atoms with E-state index in [1.54, 1.807) is 11.4 Å². The number of carbonyl (C=O) groups excluding carboxylic acids is 1. The summed E-state index contributed by atoms with van der Waals surface area (Å²) in [5.74, 6) is -0.153. The van der Waals surface area contributed by atoms with E-state index in [9.17, 15) is 4.79 Å². The zero-order chi connectivity index (χ0) is 13.1. The third-order valence-electron chi connectivity index (χ3n) is 2.61. The third-order valence-corrected chi connectivity index (χ3v) is 3.95. The first-order valence-electron chi connectivity index (χ1n) is 5.47. The number of rotatable bonds is 3. The van der Waals surface area contributed by atoms with Crippen molar-refractivity contribution in [3.05, 3.63) is 51.2 Å². The van der Waals surface area contributed by atoms with Crippen LogP contribution < -0.4 is 11.1 Å². The molecule has 1 heterocycles. The summed E-state index contributed by atoms with van der Waals surface area (Å²) in [5, 5.41) is 5.19. The summed E-state index contributed by atoms with van der Waals surface area (Å²) in [6.07, 6.45) is 0. The second kappa shape index (κ2) is 5.42. The first kappa shape index (κ1) is 12.9. The topological polar surface area (TPSA) is 55.1 Å². The zero-order valence-electron chi connectivity index (χ0n) is 9.81. The van der Waals surface area contributed by atoms with Crippen molar-refractivity contribution in [1.82, 2.24) is 5.32 Å². The summed E-state index contributed by atoms with van der Waals surface area (Å²) < 4.78 is 0. The highest BCUT2D eigenvalue weighted by molar-refractivity contribution is 7.12. The van der Waals surface area contributed by atoms with Gasteiger partial charge in [0, 0.05) is 5.69 Å². The SMILES string of the molecule is CC(NC(=O)c1sccc1Cl)c1ccc(N)cc1. The highest BCUT2D eigenvalue weighted by atomic mass is 35.5.